The SMILES string of the molecule is CC[I-](c1ccccc1)(c1ccccc1)c1ccccc1. The first-order valence-electron chi connectivity index (χ1n) is 7.27. The average Bonchev–Trinajstić information content (AvgIpc) is 2.59. The van der Waals surface area contributed by atoms with Crippen LogP contribution in [0.1, 0.15) is 6.92 Å². The fraction of sp³-hybridized carbons (Fsp3) is 0.100. The minimum atomic E-state index is -2.44. The van der Waals surface area contributed by atoms with Crippen molar-refractivity contribution in [3.8, 4) is 0 Å². The molecule has 0 aliphatic heterocycles. The van der Waals surface area contributed by atoms with Crippen LogP contribution in [0.3, 0.4) is 0 Å². The molecular weight excluding hydrogens is 367 g/mol. The van der Waals surface area contributed by atoms with Crippen molar-refractivity contribution in [1.82, 2.24) is 0 Å². The summed E-state index contributed by atoms with van der Waals surface area (Å²) in [5.41, 5.74) is 0. The normalized spacial score (nSPS) is 12.0. The van der Waals surface area contributed by atoms with Crippen molar-refractivity contribution >= 4 is 0 Å². The molecule has 0 bridgehead atoms. The molecule has 3 rings (SSSR count). The summed E-state index contributed by atoms with van der Waals surface area (Å²) in [4.78, 5) is 0. The molecular formula is C20H20I-. The van der Waals surface area contributed by atoms with E-state index in [2.05, 4.69) is 97.9 Å². The number of halogens is 1. The van der Waals surface area contributed by atoms with Gasteiger partial charge in [-0.15, -0.1) is 0 Å². The van der Waals surface area contributed by atoms with E-state index in [1.165, 1.54) is 15.1 Å². The summed E-state index contributed by atoms with van der Waals surface area (Å²) in [6.07, 6.45) is 0. The molecule has 0 N–H and O–H groups in total. The van der Waals surface area contributed by atoms with Crippen molar-refractivity contribution in [2.45, 2.75) is 6.92 Å². The quantitative estimate of drug-likeness (QED) is 0.473. The molecule has 0 aliphatic carbocycles. The zero-order chi connectivity index (χ0) is 14.5. The summed E-state index contributed by atoms with van der Waals surface area (Å²) in [6, 6.07) is 33.3. The fourth-order valence-electron chi connectivity index (χ4n) is 2.73. The van der Waals surface area contributed by atoms with Gasteiger partial charge in [0, 0.05) is 0 Å². The Morgan fingerprint density at radius 2 is 0.810 bits per heavy atom. The molecule has 0 aliphatic rings. The van der Waals surface area contributed by atoms with Gasteiger partial charge in [-0.2, -0.15) is 0 Å². The molecule has 0 saturated heterocycles. The maximum absolute atomic E-state index is 2.44. The van der Waals surface area contributed by atoms with Crippen LogP contribution in [0.25, 0.3) is 0 Å². The van der Waals surface area contributed by atoms with Crippen LogP contribution in [0.4, 0.5) is 0 Å². The molecule has 0 heterocycles. The Bertz CT molecular complexity index is 578. The number of alkyl halides is 1. The van der Waals surface area contributed by atoms with Crippen molar-refractivity contribution in [2.24, 2.45) is 0 Å². The Balaban J connectivity index is 2.29. The molecule has 3 aromatic rings. The van der Waals surface area contributed by atoms with Crippen LogP contribution in [0.2, 0.25) is 0 Å². The van der Waals surface area contributed by atoms with E-state index in [1.807, 2.05) is 0 Å². The van der Waals surface area contributed by atoms with Gasteiger partial charge in [-0.3, -0.25) is 0 Å². The summed E-state index contributed by atoms with van der Waals surface area (Å²) in [5.74, 6) is 0. The van der Waals surface area contributed by atoms with Gasteiger partial charge < -0.3 is 0 Å². The number of rotatable bonds is 4. The van der Waals surface area contributed by atoms with E-state index in [1.54, 1.807) is 0 Å². The van der Waals surface area contributed by atoms with Gasteiger partial charge in [0.25, 0.3) is 0 Å². The summed E-state index contributed by atoms with van der Waals surface area (Å²) in [7, 11) is 0. The second-order valence-electron chi connectivity index (χ2n) is 4.84. The van der Waals surface area contributed by atoms with Gasteiger partial charge in [0.2, 0.25) is 0 Å². The molecule has 0 atom stereocenters. The Morgan fingerprint density at radius 3 is 1.05 bits per heavy atom. The van der Waals surface area contributed by atoms with Gasteiger partial charge in [-0.25, -0.2) is 0 Å². The van der Waals surface area contributed by atoms with Crippen LogP contribution in [-0.2, 0) is 0 Å². The molecule has 0 fully saturated rings. The van der Waals surface area contributed by atoms with Crippen LogP contribution in [0.5, 0.6) is 0 Å². The van der Waals surface area contributed by atoms with Crippen LogP contribution in [-0.4, -0.2) is 4.43 Å². The van der Waals surface area contributed by atoms with Crippen LogP contribution >= 0.6 is 0 Å². The summed E-state index contributed by atoms with van der Waals surface area (Å²) in [5, 5.41) is 0. The standard InChI is InChI=1S/C20H20I/c1-2-21(18-12-6-3-7-13-18,19-14-8-4-9-15-19)20-16-10-5-11-17-20/h3-17H,2H2,1H3/q-1. The second-order valence-corrected chi connectivity index (χ2v) is 14.0. The maximum atomic E-state index is 2.35. The molecule has 0 aromatic heterocycles. The number of benzene rings is 3. The molecule has 21 heavy (non-hydrogen) atoms. The molecule has 0 nitrogen and oxygen atoms in total. The summed E-state index contributed by atoms with van der Waals surface area (Å²) >= 11 is -2.44. The van der Waals surface area contributed by atoms with E-state index >= 15 is 0 Å². The Labute approximate surface area is 131 Å². The van der Waals surface area contributed by atoms with Gasteiger partial charge in [-0.1, -0.05) is 0 Å². The molecule has 0 radical (unpaired) electrons. The molecule has 0 amide bonds. The Hall–Kier alpha value is -1.61. The molecule has 3 aromatic carbocycles. The van der Waals surface area contributed by atoms with E-state index in [-0.39, 0.29) is 0 Å². The van der Waals surface area contributed by atoms with Crippen molar-refractivity contribution in [1.29, 1.82) is 0 Å². The van der Waals surface area contributed by atoms with Gasteiger partial charge in [0.1, 0.15) is 0 Å². The van der Waals surface area contributed by atoms with Crippen molar-refractivity contribution in [3.63, 3.8) is 0 Å². The van der Waals surface area contributed by atoms with Crippen LogP contribution in [0.15, 0.2) is 91.0 Å². The first-order valence-corrected chi connectivity index (χ1v) is 12.0. The topological polar surface area (TPSA) is 0 Å². The van der Waals surface area contributed by atoms with Crippen molar-refractivity contribution in [2.75, 3.05) is 4.43 Å². The Morgan fingerprint density at radius 1 is 0.524 bits per heavy atom. The number of hydrogen-bond acceptors (Lipinski definition) is 0. The summed E-state index contributed by atoms with van der Waals surface area (Å²) in [6.45, 7) is 2.35. The van der Waals surface area contributed by atoms with Gasteiger partial charge in [-0.05, 0) is 0 Å². The van der Waals surface area contributed by atoms with Crippen LogP contribution < -0.4 is 18.4 Å². The third-order valence-corrected chi connectivity index (χ3v) is 14.5. The van der Waals surface area contributed by atoms with E-state index in [9.17, 15) is 0 Å². The third kappa shape index (κ3) is 2.62. The first-order chi connectivity index (χ1) is 10.4. The first kappa shape index (κ1) is 14.3. The molecule has 108 valence electrons. The second kappa shape index (κ2) is 6.44. The zero-order valence-electron chi connectivity index (χ0n) is 12.2. The predicted octanol–water partition coefficient (Wildman–Crippen LogP) is 1.78. The van der Waals surface area contributed by atoms with Crippen LogP contribution in [0, 0.1) is 10.7 Å². The van der Waals surface area contributed by atoms with Crippen molar-refractivity contribution in [3.05, 3.63) is 102 Å². The molecule has 0 spiro atoms. The molecule has 1 heteroatoms. The van der Waals surface area contributed by atoms with E-state index in [0.29, 0.717) is 0 Å². The number of hydrogen-bond donors (Lipinski definition) is 0. The van der Waals surface area contributed by atoms with E-state index in [4.69, 9.17) is 0 Å². The summed E-state index contributed by atoms with van der Waals surface area (Å²) < 4.78 is 5.81. The van der Waals surface area contributed by atoms with E-state index in [0.717, 1.165) is 0 Å². The van der Waals surface area contributed by atoms with Gasteiger partial charge in [0.05, 0.1) is 0 Å². The van der Waals surface area contributed by atoms with E-state index < -0.39 is 18.4 Å². The van der Waals surface area contributed by atoms with Crippen molar-refractivity contribution < 1.29 is 18.4 Å². The fourth-order valence-corrected chi connectivity index (χ4v) is 12.5. The predicted molar refractivity (Wildman–Crippen MR) is 86.0 cm³/mol. The third-order valence-electron chi connectivity index (χ3n) is 3.72. The van der Waals surface area contributed by atoms with Gasteiger partial charge >= 0.3 is 131 Å². The van der Waals surface area contributed by atoms with Gasteiger partial charge in [0.15, 0.2) is 0 Å². The monoisotopic (exact) mass is 387 g/mol. The Kier molecular flexibility index (Phi) is 4.39. The zero-order valence-corrected chi connectivity index (χ0v) is 14.4. The minimum absolute atomic E-state index is 1.21. The molecule has 0 unspecified atom stereocenters. The molecule has 0 saturated carbocycles. The average molecular weight is 387 g/mol.